The summed E-state index contributed by atoms with van der Waals surface area (Å²) in [7, 11) is 0. The summed E-state index contributed by atoms with van der Waals surface area (Å²) in [6.45, 7) is 7.68. The second kappa shape index (κ2) is 5.35. The van der Waals surface area contributed by atoms with E-state index in [-0.39, 0.29) is 11.6 Å². The van der Waals surface area contributed by atoms with Crippen molar-refractivity contribution in [3.63, 3.8) is 0 Å². The van der Waals surface area contributed by atoms with Gasteiger partial charge in [-0.25, -0.2) is 4.79 Å². The highest BCUT2D eigenvalue weighted by atomic mass is 32.1. The first-order valence-corrected chi connectivity index (χ1v) is 6.09. The topological polar surface area (TPSA) is 67.1 Å². The Labute approximate surface area is 113 Å². The number of hydrogen-bond acceptors (Lipinski definition) is 2. The van der Waals surface area contributed by atoms with E-state index in [4.69, 9.17) is 18.0 Å². The highest BCUT2D eigenvalue weighted by Crippen LogP contribution is 2.17. The van der Waals surface area contributed by atoms with Crippen LogP contribution in [0.15, 0.2) is 18.2 Å². The lowest BCUT2D eigenvalue weighted by Gasteiger charge is -2.21. The molecule has 1 aromatic rings. The van der Waals surface area contributed by atoms with Crippen molar-refractivity contribution in [3.05, 3.63) is 29.3 Å². The molecule has 0 saturated heterocycles. The van der Waals surface area contributed by atoms with Gasteiger partial charge in [0.15, 0.2) is 0 Å². The SMILES string of the molecule is Cc1ccc(C(N)=S)cc1NC(=O)NC(C)(C)C. The van der Waals surface area contributed by atoms with Gasteiger partial charge >= 0.3 is 6.03 Å². The molecule has 2 amide bonds. The van der Waals surface area contributed by atoms with E-state index in [9.17, 15) is 4.79 Å². The Hall–Kier alpha value is -1.62. The third kappa shape index (κ3) is 4.33. The Bertz CT molecular complexity index is 478. The molecule has 0 fully saturated rings. The number of urea groups is 1. The number of amides is 2. The first-order valence-electron chi connectivity index (χ1n) is 5.68. The average molecular weight is 265 g/mol. The van der Waals surface area contributed by atoms with Crippen LogP contribution in [0.2, 0.25) is 0 Å². The van der Waals surface area contributed by atoms with Crippen molar-refractivity contribution in [1.82, 2.24) is 5.32 Å². The predicted octanol–water partition coefficient (Wildman–Crippen LogP) is 2.55. The largest absolute Gasteiger partial charge is 0.389 e. The Balaban J connectivity index is 2.87. The van der Waals surface area contributed by atoms with Crippen molar-refractivity contribution < 1.29 is 4.79 Å². The molecule has 0 aliphatic rings. The minimum atomic E-state index is -0.279. The van der Waals surface area contributed by atoms with Crippen LogP contribution in [0.3, 0.4) is 0 Å². The van der Waals surface area contributed by atoms with Gasteiger partial charge < -0.3 is 16.4 Å². The Morgan fingerprint density at radius 3 is 2.44 bits per heavy atom. The summed E-state index contributed by atoms with van der Waals surface area (Å²) < 4.78 is 0. The van der Waals surface area contributed by atoms with Crippen LogP contribution in [0.4, 0.5) is 10.5 Å². The van der Waals surface area contributed by atoms with E-state index in [0.717, 1.165) is 11.1 Å². The number of nitrogens with two attached hydrogens (primary N) is 1. The van der Waals surface area contributed by atoms with Crippen molar-refractivity contribution in [3.8, 4) is 0 Å². The molecule has 0 unspecified atom stereocenters. The summed E-state index contributed by atoms with van der Waals surface area (Å²) in [6.07, 6.45) is 0. The summed E-state index contributed by atoms with van der Waals surface area (Å²) in [6, 6.07) is 5.25. The number of benzene rings is 1. The summed E-state index contributed by atoms with van der Waals surface area (Å²) in [5.41, 5.74) is 7.69. The molecule has 0 aromatic heterocycles. The molecule has 0 aliphatic carbocycles. The van der Waals surface area contributed by atoms with Crippen LogP contribution >= 0.6 is 12.2 Å². The van der Waals surface area contributed by atoms with E-state index in [0.29, 0.717) is 10.7 Å². The molecular formula is C13H19N3OS. The molecule has 0 radical (unpaired) electrons. The third-order valence-electron chi connectivity index (χ3n) is 2.26. The molecule has 0 heterocycles. The van der Waals surface area contributed by atoms with E-state index in [1.807, 2.05) is 39.8 Å². The van der Waals surface area contributed by atoms with Crippen molar-refractivity contribution in [2.24, 2.45) is 5.73 Å². The van der Waals surface area contributed by atoms with Crippen LogP contribution in [-0.4, -0.2) is 16.6 Å². The molecule has 0 atom stereocenters. The van der Waals surface area contributed by atoms with Crippen LogP contribution in [0.1, 0.15) is 31.9 Å². The van der Waals surface area contributed by atoms with Gasteiger partial charge in [-0.3, -0.25) is 0 Å². The maximum atomic E-state index is 11.8. The maximum Gasteiger partial charge on any atom is 0.319 e. The number of aryl methyl sites for hydroxylation is 1. The first kappa shape index (κ1) is 14.4. The quantitative estimate of drug-likeness (QED) is 0.720. The lowest BCUT2D eigenvalue weighted by molar-refractivity contribution is 0.244. The number of carbonyl (C=O) groups is 1. The molecule has 98 valence electrons. The van der Waals surface area contributed by atoms with E-state index < -0.39 is 0 Å². The summed E-state index contributed by atoms with van der Waals surface area (Å²) in [5, 5.41) is 5.63. The molecule has 18 heavy (non-hydrogen) atoms. The number of carbonyl (C=O) groups excluding carboxylic acids is 1. The van der Waals surface area contributed by atoms with Crippen molar-refractivity contribution in [1.29, 1.82) is 0 Å². The average Bonchev–Trinajstić information content (AvgIpc) is 2.18. The zero-order valence-electron chi connectivity index (χ0n) is 11.1. The standard InChI is InChI=1S/C13H19N3OS/c1-8-5-6-9(11(14)18)7-10(8)15-12(17)16-13(2,3)4/h5-7H,1-4H3,(H2,14,18)(H2,15,16,17). The van der Waals surface area contributed by atoms with E-state index in [1.54, 1.807) is 6.07 Å². The van der Waals surface area contributed by atoms with Gasteiger partial charge in [-0.2, -0.15) is 0 Å². The van der Waals surface area contributed by atoms with Gasteiger partial charge in [0.25, 0.3) is 0 Å². The molecular weight excluding hydrogens is 246 g/mol. The smallest absolute Gasteiger partial charge is 0.319 e. The lowest BCUT2D eigenvalue weighted by atomic mass is 10.1. The van der Waals surface area contributed by atoms with Crippen molar-refractivity contribution in [2.75, 3.05) is 5.32 Å². The zero-order valence-corrected chi connectivity index (χ0v) is 11.9. The van der Waals surface area contributed by atoms with Crippen LogP contribution in [-0.2, 0) is 0 Å². The molecule has 1 rings (SSSR count). The maximum absolute atomic E-state index is 11.8. The first-order chi connectivity index (χ1) is 8.19. The second-order valence-electron chi connectivity index (χ2n) is 5.22. The zero-order chi connectivity index (χ0) is 13.9. The van der Waals surface area contributed by atoms with Crippen LogP contribution in [0, 0.1) is 6.92 Å². The van der Waals surface area contributed by atoms with Gasteiger partial charge in [-0.1, -0.05) is 24.4 Å². The Morgan fingerprint density at radius 1 is 1.33 bits per heavy atom. The van der Waals surface area contributed by atoms with Crippen LogP contribution < -0.4 is 16.4 Å². The molecule has 0 aliphatic heterocycles. The van der Waals surface area contributed by atoms with Crippen molar-refractivity contribution >= 4 is 28.9 Å². The van der Waals surface area contributed by atoms with Gasteiger partial charge in [0.05, 0.1) is 0 Å². The fourth-order valence-electron chi connectivity index (χ4n) is 1.40. The highest BCUT2D eigenvalue weighted by Gasteiger charge is 2.14. The second-order valence-corrected chi connectivity index (χ2v) is 5.66. The molecule has 4 N–H and O–H groups in total. The van der Waals surface area contributed by atoms with Gasteiger partial charge in [0, 0.05) is 16.8 Å². The van der Waals surface area contributed by atoms with Gasteiger partial charge in [-0.15, -0.1) is 0 Å². The summed E-state index contributed by atoms with van der Waals surface area (Å²) in [5.74, 6) is 0. The Morgan fingerprint density at radius 2 is 1.94 bits per heavy atom. The molecule has 0 spiro atoms. The molecule has 1 aromatic carbocycles. The molecule has 0 saturated carbocycles. The van der Waals surface area contributed by atoms with Gasteiger partial charge in [0.1, 0.15) is 4.99 Å². The van der Waals surface area contributed by atoms with Crippen LogP contribution in [0.5, 0.6) is 0 Å². The molecule has 0 bridgehead atoms. The Kier molecular flexibility index (Phi) is 4.29. The fraction of sp³-hybridized carbons (Fsp3) is 0.385. The lowest BCUT2D eigenvalue weighted by Crippen LogP contribution is -2.43. The van der Waals surface area contributed by atoms with Crippen LogP contribution in [0.25, 0.3) is 0 Å². The number of rotatable bonds is 2. The van der Waals surface area contributed by atoms with E-state index >= 15 is 0 Å². The van der Waals surface area contributed by atoms with Gasteiger partial charge in [0.2, 0.25) is 0 Å². The number of anilines is 1. The fourth-order valence-corrected chi connectivity index (χ4v) is 1.53. The predicted molar refractivity (Wildman–Crippen MR) is 79.0 cm³/mol. The van der Waals surface area contributed by atoms with Gasteiger partial charge in [-0.05, 0) is 39.3 Å². The van der Waals surface area contributed by atoms with E-state index in [1.165, 1.54) is 0 Å². The number of hydrogen-bond donors (Lipinski definition) is 3. The highest BCUT2D eigenvalue weighted by molar-refractivity contribution is 7.80. The molecule has 4 nitrogen and oxygen atoms in total. The normalized spacial score (nSPS) is 10.9. The minimum Gasteiger partial charge on any atom is -0.389 e. The summed E-state index contributed by atoms with van der Waals surface area (Å²) >= 11 is 4.92. The third-order valence-corrected chi connectivity index (χ3v) is 2.49. The number of thiocarbonyl (C=S) groups is 1. The summed E-state index contributed by atoms with van der Waals surface area (Å²) in [4.78, 5) is 12.1. The van der Waals surface area contributed by atoms with Crippen molar-refractivity contribution in [2.45, 2.75) is 33.2 Å². The minimum absolute atomic E-state index is 0.245. The van der Waals surface area contributed by atoms with E-state index in [2.05, 4.69) is 10.6 Å². The molecule has 5 heteroatoms. The monoisotopic (exact) mass is 265 g/mol. The number of nitrogens with one attached hydrogen (secondary N) is 2.